The maximum Gasteiger partial charge on any atom is 0.271 e. The molecule has 0 bridgehead atoms. The van der Waals surface area contributed by atoms with Gasteiger partial charge >= 0.3 is 0 Å². The first-order valence-corrected chi connectivity index (χ1v) is 10.0. The summed E-state index contributed by atoms with van der Waals surface area (Å²) >= 11 is 7.27. The Morgan fingerprint density at radius 3 is 2.57 bits per heavy atom. The van der Waals surface area contributed by atoms with Gasteiger partial charge in [-0.1, -0.05) is 23.4 Å². The van der Waals surface area contributed by atoms with E-state index in [9.17, 15) is 14.9 Å². The summed E-state index contributed by atoms with van der Waals surface area (Å²) in [7, 11) is 3.42. The average Bonchev–Trinajstić information content (AvgIpc) is 3.09. The number of nitrogens with zero attached hydrogens (tertiary/aromatic N) is 4. The van der Waals surface area contributed by atoms with Crippen molar-refractivity contribution in [1.29, 1.82) is 0 Å². The van der Waals surface area contributed by atoms with Gasteiger partial charge < -0.3 is 14.6 Å². The number of ether oxygens (including phenoxy) is 1. The number of hydrogen-bond donors (Lipinski definition) is 1. The summed E-state index contributed by atoms with van der Waals surface area (Å²) < 4.78 is 6.96. The first-order chi connectivity index (χ1) is 14.3. The van der Waals surface area contributed by atoms with E-state index < -0.39 is 10.2 Å². The minimum absolute atomic E-state index is 0.0928. The minimum atomic E-state index is -0.551. The van der Waals surface area contributed by atoms with E-state index in [1.807, 2.05) is 31.3 Å². The highest BCUT2D eigenvalue weighted by molar-refractivity contribution is 8.00. The molecule has 1 heterocycles. The van der Waals surface area contributed by atoms with E-state index in [2.05, 4.69) is 15.5 Å². The molecule has 1 atom stereocenters. The average molecular weight is 448 g/mol. The lowest BCUT2D eigenvalue weighted by molar-refractivity contribution is -0.384. The van der Waals surface area contributed by atoms with Crippen molar-refractivity contribution in [3.8, 4) is 17.1 Å². The Bertz CT molecular complexity index is 1090. The Kier molecular flexibility index (Phi) is 6.58. The Morgan fingerprint density at radius 1 is 1.27 bits per heavy atom. The second-order valence-electron chi connectivity index (χ2n) is 6.26. The van der Waals surface area contributed by atoms with Gasteiger partial charge in [0.05, 0.1) is 28.0 Å². The molecular weight excluding hydrogens is 430 g/mol. The van der Waals surface area contributed by atoms with Crippen LogP contribution in [0.3, 0.4) is 0 Å². The molecule has 0 spiro atoms. The zero-order valence-corrected chi connectivity index (χ0v) is 17.9. The van der Waals surface area contributed by atoms with Gasteiger partial charge in [0.15, 0.2) is 11.0 Å². The standard InChI is InChI=1S/C19H18ClN5O4S/c1-11(18(26)21-16-9-6-13(25(27)28)10-15(16)20)30-19-23-22-17(24(19)2)12-4-7-14(29-3)8-5-12/h4-11H,1-3H3,(H,21,26). The molecule has 9 nitrogen and oxygen atoms in total. The number of thioether (sulfide) groups is 1. The van der Waals surface area contributed by atoms with Gasteiger partial charge in [-0.25, -0.2) is 0 Å². The van der Waals surface area contributed by atoms with E-state index in [-0.39, 0.29) is 16.6 Å². The van der Waals surface area contributed by atoms with Gasteiger partial charge in [0.1, 0.15) is 5.75 Å². The summed E-state index contributed by atoms with van der Waals surface area (Å²) in [4.78, 5) is 22.8. The molecule has 1 unspecified atom stereocenters. The summed E-state index contributed by atoms with van der Waals surface area (Å²) in [5.74, 6) is 1.08. The fourth-order valence-corrected chi connectivity index (χ4v) is 3.61. The topological polar surface area (TPSA) is 112 Å². The number of rotatable bonds is 7. The van der Waals surface area contributed by atoms with Crippen LogP contribution >= 0.6 is 23.4 Å². The summed E-state index contributed by atoms with van der Waals surface area (Å²) in [6.07, 6.45) is 0. The fourth-order valence-electron chi connectivity index (χ4n) is 2.57. The number of hydrogen-bond acceptors (Lipinski definition) is 7. The molecule has 0 saturated carbocycles. The lowest BCUT2D eigenvalue weighted by atomic mass is 10.2. The first-order valence-electron chi connectivity index (χ1n) is 8.75. The predicted molar refractivity (Wildman–Crippen MR) is 115 cm³/mol. The van der Waals surface area contributed by atoms with E-state index in [0.717, 1.165) is 11.3 Å². The van der Waals surface area contributed by atoms with Crippen LogP contribution in [0.5, 0.6) is 5.75 Å². The Hall–Kier alpha value is -3.11. The maximum atomic E-state index is 12.6. The number of nitrogens with one attached hydrogen (secondary N) is 1. The summed E-state index contributed by atoms with van der Waals surface area (Å²) in [5.41, 5.74) is 1.02. The summed E-state index contributed by atoms with van der Waals surface area (Å²) in [6, 6.07) is 11.3. The number of methoxy groups -OCH3 is 1. The van der Waals surface area contributed by atoms with Crippen molar-refractivity contribution >= 4 is 40.6 Å². The maximum absolute atomic E-state index is 12.6. The van der Waals surface area contributed by atoms with Crippen molar-refractivity contribution in [2.24, 2.45) is 7.05 Å². The molecule has 0 aliphatic heterocycles. The highest BCUT2D eigenvalue weighted by Gasteiger charge is 2.21. The molecule has 156 valence electrons. The van der Waals surface area contributed by atoms with E-state index in [1.54, 1.807) is 18.6 Å². The van der Waals surface area contributed by atoms with Crippen LogP contribution in [0.15, 0.2) is 47.6 Å². The second kappa shape index (κ2) is 9.14. The third-order valence-corrected chi connectivity index (χ3v) is 5.70. The third-order valence-electron chi connectivity index (χ3n) is 4.26. The van der Waals surface area contributed by atoms with E-state index in [4.69, 9.17) is 16.3 Å². The van der Waals surface area contributed by atoms with Crippen molar-refractivity contribution in [3.63, 3.8) is 0 Å². The number of anilines is 1. The zero-order chi connectivity index (χ0) is 21.8. The monoisotopic (exact) mass is 447 g/mol. The van der Waals surface area contributed by atoms with E-state index >= 15 is 0 Å². The Morgan fingerprint density at radius 2 is 1.97 bits per heavy atom. The molecular formula is C19H18ClN5O4S. The van der Waals surface area contributed by atoms with Crippen LogP contribution in [-0.4, -0.2) is 38.0 Å². The quantitative estimate of drug-likeness (QED) is 0.328. The van der Waals surface area contributed by atoms with Crippen LogP contribution in [-0.2, 0) is 11.8 Å². The minimum Gasteiger partial charge on any atom is -0.497 e. The smallest absolute Gasteiger partial charge is 0.271 e. The number of nitro benzene ring substituents is 1. The number of aromatic nitrogens is 3. The molecule has 2 aromatic carbocycles. The number of benzene rings is 2. The van der Waals surface area contributed by atoms with E-state index in [0.29, 0.717) is 16.7 Å². The Labute approximate surface area is 181 Å². The van der Waals surface area contributed by atoms with Crippen LogP contribution in [0.2, 0.25) is 5.02 Å². The number of non-ortho nitro benzene ring substituents is 1. The van der Waals surface area contributed by atoms with Gasteiger partial charge in [-0.2, -0.15) is 0 Å². The summed E-state index contributed by atoms with van der Waals surface area (Å²) in [6.45, 7) is 1.72. The molecule has 30 heavy (non-hydrogen) atoms. The highest BCUT2D eigenvalue weighted by atomic mass is 35.5. The molecule has 1 aromatic heterocycles. The van der Waals surface area contributed by atoms with Crippen molar-refractivity contribution in [3.05, 3.63) is 57.6 Å². The van der Waals surface area contributed by atoms with Gasteiger partial charge in [-0.3, -0.25) is 14.9 Å². The largest absolute Gasteiger partial charge is 0.497 e. The number of carbonyl (C=O) groups excluding carboxylic acids is 1. The van der Waals surface area contributed by atoms with Crippen LogP contribution in [0.1, 0.15) is 6.92 Å². The predicted octanol–water partition coefficient (Wildman–Crippen LogP) is 4.17. The van der Waals surface area contributed by atoms with Crippen LogP contribution in [0.4, 0.5) is 11.4 Å². The number of nitro groups is 1. The van der Waals surface area contributed by atoms with Crippen molar-refractivity contribution in [2.75, 3.05) is 12.4 Å². The normalized spacial score (nSPS) is 11.7. The van der Waals surface area contributed by atoms with Gasteiger partial charge in [-0.05, 0) is 37.3 Å². The molecule has 0 radical (unpaired) electrons. The molecule has 1 amide bonds. The lowest BCUT2D eigenvalue weighted by Crippen LogP contribution is -2.23. The second-order valence-corrected chi connectivity index (χ2v) is 7.98. The van der Waals surface area contributed by atoms with Crippen LogP contribution < -0.4 is 10.1 Å². The van der Waals surface area contributed by atoms with E-state index in [1.165, 1.54) is 30.0 Å². The number of carbonyl (C=O) groups is 1. The molecule has 3 aromatic rings. The van der Waals surface area contributed by atoms with Gasteiger partial charge in [-0.15, -0.1) is 10.2 Å². The molecule has 0 aliphatic rings. The third kappa shape index (κ3) is 4.71. The zero-order valence-electron chi connectivity index (χ0n) is 16.3. The Balaban J connectivity index is 1.70. The molecule has 11 heteroatoms. The van der Waals surface area contributed by atoms with Crippen molar-refractivity contribution in [2.45, 2.75) is 17.3 Å². The molecule has 0 fully saturated rings. The molecule has 0 saturated heterocycles. The van der Waals surface area contributed by atoms with Crippen LogP contribution in [0, 0.1) is 10.1 Å². The van der Waals surface area contributed by atoms with Crippen molar-refractivity contribution < 1.29 is 14.5 Å². The van der Waals surface area contributed by atoms with Crippen LogP contribution in [0.25, 0.3) is 11.4 Å². The SMILES string of the molecule is COc1ccc(-c2nnc(SC(C)C(=O)Nc3ccc([N+](=O)[O-])cc3Cl)n2C)cc1. The first kappa shape index (κ1) is 21.6. The molecule has 1 N–H and O–H groups in total. The highest BCUT2D eigenvalue weighted by Crippen LogP contribution is 2.30. The summed E-state index contributed by atoms with van der Waals surface area (Å²) in [5, 5.41) is 22.0. The number of amides is 1. The van der Waals surface area contributed by atoms with Crippen molar-refractivity contribution in [1.82, 2.24) is 14.8 Å². The van der Waals surface area contributed by atoms with Gasteiger partial charge in [0.25, 0.3) is 5.69 Å². The van der Waals surface area contributed by atoms with Gasteiger partial charge in [0, 0.05) is 24.7 Å². The fraction of sp³-hybridized carbons (Fsp3) is 0.211. The molecule has 3 rings (SSSR count). The number of halogens is 1. The molecule has 0 aliphatic carbocycles. The lowest BCUT2D eigenvalue weighted by Gasteiger charge is -2.12. The van der Waals surface area contributed by atoms with Gasteiger partial charge in [0.2, 0.25) is 5.91 Å².